The molecule has 0 aliphatic rings. The molecule has 0 amide bonds. The highest BCUT2D eigenvalue weighted by Gasteiger charge is 2.35. The predicted octanol–water partition coefficient (Wildman–Crippen LogP) is 4.76. The van der Waals surface area contributed by atoms with Gasteiger partial charge < -0.3 is 5.32 Å². The standard InChI is InChI=1S/C12H7BrClF4N3/c1-19-8-4-7(20-11(21-8)12(16,17)18)5-2-3-6(13)9(14)10(5)15/h2-4H,1H3,(H,19,20,21). The molecule has 0 aliphatic heterocycles. The summed E-state index contributed by atoms with van der Waals surface area (Å²) in [7, 11) is 1.40. The van der Waals surface area contributed by atoms with Crippen LogP contribution >= 0.6 is 27.5 Å². The first-order valence-corrected chi connectivity index (χ1v) is 6.69. The fourth-order valence-corrected chi connectivity index (χ4v) is 2.03. The van der Waals surface area contributed by atoms with E-state index in [-0.39, 0.29) is 22.1 Å². The summed E-state index contributed by atoms with van der Waals surface area (Å²) in [6.07, 6.45) is -4.74. The Morgan fingerprint density at radius 3 is 2.48 bits per heavy atom. The number of nitrogens with one attached hydrogen (secondary N) is 1. The van der Waals surface area contributed by atoms with Gasteiger partial charge in [-0.25, -0.2) is 14.4 Å². The van der Waals surface area contributed by atoms with Crippen molar-refractivity contribution in [1.29, 1.82) is 0 Å². The van der Waals surface area contributed by atoms with E-state index in [0.29, 0.717) is 4.47 Å². The number of benzene rings is 1. The number of alkyl halides is 3. The van der Waals surface area contributed by atoms with E-state index in [9.17, 15) is 17.6 Å². The lowest BCUT2D eigenvalue weighted by atomic mass is 10.1. The maximum Gasteiger partial charge on any atom is 0.451 e. The average molecular weight is 385 g/mol. The normalized spacial score (nSPS) is 11.6. The molecule has 0 saturated heterocycles. The molecule has 2 aromatic rings. The van der Waals surface area contributed by atoms with E-state index >= 15 is 0 Å². The van der Waals surface area contributed by atoms with Gasteiger partial charge in [-0.15, -0.1) is 0 Å². The zero-order valence-corrected chi connectivity index (χ0v) is 12.7. The zero-order valence-electron chi connectivity index (χ0n) is 10.4. The maximum atomic E-state index is 14.1. The number of anilines is 1. The summed E-state index contributed by atoms with van der Waals surface area (Å²) in [4.78, 5) is 6.67. The van der Waals surface area contributed by atoms with E-state index in [4.69, 9.17) is 11.6 Å². The second kappa shape index (κ2) is 5.76. The Bertz CT molecular complexity index is 691. The quantitative estimate of drug-likeness (QED) is 0.599. The summed E-state index contributed by atoms with van der Waals surface area (Å²) in [6, 6.07) is 3.92. The lowest BCUT2D eigenvalue weighted by molar-refractivity contribution is -0.144. The van der Waals surface area contributed by atoms with Gasteiger partial charge in [0, 0.05) is 23.2 Å². The van der Waals surface area contributed by atoms with Crippen molar-refractivity contribution in [3.8, 4) is 11.3 Å². The molecule has 1 heterocycles. The van der Waals surface area contributed by atoms with Crippen LogP contribution in [-0.2, 0) is 6.18 Å². The summed E-state index contributed by atoms with van der Waals surface area (Å²) in [5.74, 6) is -2.30. The Morgan fingerprint density at radius 1 is 1.24 bits per heavy atom. The minimum absolute atomic E-state index is 0.0780. The fourth-order valence-electron chi connectivity index (χ4n) is 1.56. The highest BCUT2D eigenvalue weighted by Crippen LogP contribution is 2.34. The van der Waals surface area contributed by atoms with Crippen LogP contribution in [0.5, 0.6) is 0 Å². The van der Waals surface area contributed by atoms with Gasteiger partial charge in [0.1, 0.15) is 5.82 Å². The molecule has 0 atom stereocenters. The molecule has 0 fully saturated rings. The van der Waals surface area contributed by atoms with Crippen molar-refractivity contribution >= 4 is 33.3 Å². The SMILES string of the molecule is CNc1cc(-c2ccc(Br)c(Cl)c2F)nc(C(F)(F)F)n1. The molecule has 0 bridgehead atoms. The Hall–Kier alpha value is -1.41. The maximum absolute atomic E-state index is 14.1. The van der Waals surface area contributed by atoms with Gasteiger partial charge in [0.25, 0.3) is 0 Å². The number of halogens is 6. The summed E-state index contributed by atoms with van der Waals surface area (Å²) in [6.45, 7) is 0. The van der Waals surface area contributed by atoms with Gasteiger partial charge in [-0.3, -0.25) is 0 Å². The van der Waals surface area contributed by atoms with Crippen molar-refractivity contribution in [1.82, 2.24) is 9.97 Å². The predicted molar refractivity (Wildman–Crippen MR) is 74.7 cm³/mol. The lowest BCUT2D eigenvalue weighted by Crippen LogP contribution is -2.13. The smallest absolute Gasteiger partial charge is 0.373 e. The molecule has 0 spiro atoms. The highest BCUT2D eigenvalue weighted by atomic mass is 79.9. The Morgan fingerprint density at radius 2 is 1.90 bits per heavy atom. The molecular formula is C12H7BrClF4N3. The van der Waals surface area contributed by atoms with Gasteiger partial charge in [0.05, 0.1) is 10.7 Å². The van der Waals surface area contributed by atoms with E-state index in [0.717, 1.165) is 0 Å². The zero-order chi connectivity index (χ0) is 15.8. The fraction of sp³-hybridized carbons (Fsp3) is 0.167. The number of hydrogen-bond donors (Lipinski definition) is 1. The van der Waals surface area contributed by atoms with E-state index in [2.05, 4.69) is 31.2 Å². The molecule has 0 radical (unpaired) electrons. The van der Waals surface area contributed by atoms with Crippen LogP contribution in [0.2, 0.25) is 5.02 Å². The summed E-state index contributed by atoms with van der Waals surface area (Å²) in [5, 5.41) is 2.25. The molecule has 1 N–H and O–H groups in total. The third-order valence-electron chi connectivity index (χ3n) is 2.55. The van der Waals surface area contributed by atoms with Crippen molar-refractivity contribution < 1.29 is 17.6 Å². The van der Waals surface area contributed by atoms with Gasteiger partial charge in [0.2, 0.25) is 5.82 Å². The largest absolute Gasteiger partial charge is 0.451 e. The van der Waals surface area contributed by atoms with Crippen LogP contribution < -0.4 is 5.32 Å². The van der Waals surface area contributed by atoms with Crippen LogP contribution in [0, 0.1) is 5.82 Å². The molecule has 9 heteroatoms. The number of rotatable bonds is 2. The molecule has 112 valence electrons. The van der Waals surface area contributed by atoms with Crippen molar-refractivity contribution in [2.45, 2.75) is 6.18 Å². The Balaban J connectivity index is 2.67. The van der Waals surface area contributed by atoms with Crippen LogP contribution in [0.4, 0.5) is 23.4 Å². The average Bonchev–Trinajstić information content (AvgIpc) is 2.43. The molecule has 1 aromatic carbocycles. The van der Waals surface area contributed by atoms with Gasteiger partial charge in [-0.1, -0.05) is 11.6 Å². The first-order chi connectivity index (χ1) is 9.74. The van der Waals surface area contributed by atoms with Crippen LogP contribution in [0.3, 0.4) is 0 Å². The minimum Gasteiger partial charge on any atom is -0.373 e. The molecular weight excluding hydrogens is 378 g/mol. The second-order valence-corrected chi connectivity index (χ2v) is 5.17. The van der Waals surface area contributed by atoms with Crippen LogP contribution in [0.25, 0.3) is 11.3 Å². The number of nitrogens with zero attached hydrogens (tertiary/aromatic N) is 2. The molecule has 0 saturated carbocycles. The monoisotopic (exact) mass is 383 g/mol. The number of aromatic nitrogens is 2. The topological polar surface area (TPSA) is 37.8 Å². The van der Waals surface area contributed by atoms with E-state index in [1.54, 1.807) is 0 Å². The van der Waals surface area contributed by atoms with Crippen LogP contribution in [-0.4, -0.2) is 17.0 Å². The van der Waals surface area contributed by atoms with Crippen molar-refractivity contribution in [3.63, 3.8) is 0 Å². The van der Waals surface area contributed by atoms with Crippen molar-refractivity contribution in [2.75, 3.05) is 12.4 Å². The van der Waals surface area contributed by atoms with Crippen LogP contribution in [0.1, 0.15) is 5.82 Å². The van der Waals surface area contributed by atoms with Crippen molar-refractivity contribution in [2.24, 2.45) is 0 Å². The first kappa shape index (κ1) is 16.0. The first-order valence-electron chi connectivity index (χ1n) is 5.52. The Kier molecular flexibility index (Phi) is 4.38. The molecule has 0 unspecified atom stereocenters. The molecule has 0 aliphatic carbocycles. The molecule has 2 rings (SSSR count). The van der Waals surface area contributed by atoms with Gasteiger partial charge >= 0.3 is 6.18 Å². The van der Waals surface area contributed by atoms with Gasteiger partial charge in [-0.05, 0) is 28.1 Å². The van der Waals surface area contributed by atoms with Crippen LogP contribution in [0.15, 0.2) is 22.7 Å². The number of hydrogen-bond acceptors (Lipinski definition) is 3. The molecule has 1 aromatic heterocycles. The summed E-state index contributed by atoms with van der Waals surface area (Å²) < 4.78 is 52.7. The van der Waals surface area contributed by atoms with E-state index in [1.165, 1.54) is 25.2 Å². The lowest BCUT2D eigenvalue weighted by Gasteiger charge is -2.11. The Labute approximate surface area is 130 Å². The summed E-state index contributed by atoms with van der Waals surface area (Å²) >= 11 is 8.76. The van der Waals surface area contributed by atoms with Gasteiger partial charge in [-0.2, -0.15) is 13.2 Å². The highest BCUT2D eigenvalue weighted by molar-refractivity contribution is 9.10. The second-order valence-electron chi connectivity index (χ2n) is 3.93. The van der Waals surface area contributed by atoms with Crippen molar-refractivity contribution in [3.05, 3.63) is 39.3 Å². The summed E-state index contributed by atoms with van der Waals surface area (Å²) in [5.41, 5.74) is -0.360. The third kappa shape index (κ3) is 3.26. The molecule has 3 nitrogen and oxygen atoms in total. The molecule has 21 heavy (non-hydrogen) atoms. The van der Waals surface area contributed by atoms with Gasteiger partial charge in [0.15, 0.2) is 5.82 Å². The third-order valence-corrected chi connectivity index (χ3v) is 3.81. The van der Waals surface area contributed by atoms with E-state index < -0.39 is 17.8 Å². The van der Waals surface area contributed by atoms with E-state index in [1.807, 2.05) is 0 Å². The minimum atomic E-state index is -4.74.